The van der Waals surface area contributed by atoms with E-state index in [1.807, 2.05) is 25.1 Å². The predicted molar refractivity (Wildman–Crippen MR) is 97.3 cm³/mol. The maximum Gasteiger partial charge on any atom is 0.258 e. The standard InChI is InChI=1S/C19H18N4O4/c1-12-15(4-6-20-9-18-23-21-11-26-18)16-8-14(2-3-17(16)27-12)22-19(24)13-5-7-25-10-13/h2-3,5,7-8,10-11,20H,4,6,9H2,1H3,(H,22,24). The van der Waals surface area contributed by atoms with Crippen LogP contribution in [0.4, 0.5) is 5.69 Å². The molecule has 1 amide bonds. The van der Waals surface area contributed by atoms with E-state index in [0.29, 0.717) is 23.7 Å². The molecule has 0 unspecified atom stereocenters. The highest BCUT2D eigenvalue weighted by Gasteiger charge is 2.13. The number of carbonyl (C=O) groups excluding carboxylic acids is 1. The molecule has 8 nitrogen and oxygen atoms in total. The number of fused-ring (bicyclic) bond motifs is 1. The van der Waals surface area contributed by atoms with Gasteiger partial charge in [-0.1, -0.05) is 0 Å². The second-order valence-electron chi connectivity index (χ2n) is 6.07. The Morgan fingerprint density at radius 3 is 2.96 bits per heavy atom. The Kier molecular flexibility index (Phi) is 4.71. The molecule has 8 heteroatoms. The first-order chi connectivity index (χ1) is 13.2. The molecule has 0 saturated heterocycles. The third-order valence-electron chi connectivity index (χ3n) is 4.27. The highest BCUT2D eigenvalue weighted by atomic mass is 16.4. The van der Waals surface area contributed by atoms with Gasteiger partial charge in [0.05, 0.1) is 18.4 Å². The van der Waals surface area contributed by atoms with E-state index in [9.17, 15) is 4.79 Å². The molecule has 3 heterocycles. The third-order valence-corrected chi connectivity index (χ3v) is 4.27. The number of anilines is 1. The molecular weight excluding hydrogens is 348 g/mol. The quantitative estimate of drug-likeness (QED) is 0.483. The first-order valence-electron chi connectivity index (χ1n) is 8.52. The van der Waals surface area contributed by atoms with Crippen molar-refractivity contribution >= 4 is 22.6 Å². The average molecular weight is 366 g/mol. The SMILES string of the molecule is Cc1oc2ccc(NC(=O)c3ccoc3)cc2c1CCNCc1nnco1. The Morgan fingerprint density at radius 2 is 2.19 bits per heavy atom. The molecule has 27 heavy (non-hydrogen) atoms. The normalized spacial score (nSPS) is 11.1. The van der Waals surface area contributed by atoms with Crippen molar-refractivity contribution in [3.8, 4) is 0 Å². The van der Waals surface area contributed by atoms with E-state index in [-0.39, 0.29) is 5.91 Å². The summed E-state index contributed by atoms with van der Waals surface area (Å²) in [4.78, 5) is 12.2. The van der Waals surface area contributed by atoms with E-state index in [0.717, 1.165) is 35.3 Å². The van der Waals surface area contributed by atoms with E-state index in [1.165, 1.54) is 18.9 Å². The highest BCUT2D eigenvalue weighted by molar-refractivity contribution is 6.05. The molecule has 0 saturated carbocycles. The lowest BCUT2D eigenvalue weighted by molar-refractivity contribution is 0.102. The van der Waals surface area contributed by atoms with Gasteiger partial charge in [0.2, 0.25) is 12.3 Å². The zero-order chi connectivity index (χ0) is 18.6. The highest BCUT2D eigenvalue weighted by Crippen LogP contribution is 2.28. The lowest BCUT2D eigenvalue weighted by Crippen LogP contribution is -2.17. The number of furan rings is 2. The van der Waals surface area contributed by atoms with Crippen molar-refractivity contribution in [2.75, 3.05) is 11.9 Å². The Morgan fingerprint density at radius 1 is 1.26 bits per heavy atom. The van der Waals surface area contributed by atoms with Crippen molar-refractivity contribution in [2.24, 2.45) is 0 Å². The Labute approximate surface area is 154 Å². The number of nitrogens with zero attached hydrogens (tertiary/aromatic N) is 2. The minimum absolute atomic E-state index is 0.217. The molecule has 1 aromatic carbocycles. The van der Waals surface area contributed by atoms with Gasteiger partial charge in [-0.2, -0.15) is 0 Å². The summed E-state index contributed by atoms with van der Waals surface area (Å²) in [5.74, 6) is 1.20. The van der Waals surface area contributed by atoms with Gasteiger partial charge in [-0.3, -0.25) is 4.79 Å². The van der Waals surface area contributed by atoms with Crippen LogP contribution in [0.3, 0.4) is 0 Å². The first kappa shape index (κ1) is 17.0. The van der Waals surface area contributed by atoms with Gasteiger partial charge in [-0.25, -0.2) is 0 Å². The Balaban J connectivity index is 1.46. The maximum absolute atomic E-state index is 12.2. The van der Waals surface area contributed by atoms with Gasteiger partial charge in [0.15, 0.2) is 0 Å². The summed E-state index contributed by atoms with van der Waals surface area (Å²) >= 11 is 0. The monoisotopic (exact) mass is 366 g/mol. The lowest BCUT2D eigenvalue weighted by atomic mass is 10.1. The van der Waals surface area contributed by atoms with Crippen LogP contribution in [0, 0.1) is 6.92 Å². The largest absolute Gasteiger partial charge is 0.472 e. The van der Waals surface area contributed by atoms with Crippen LogP contribution in [0.25, 0.3) is 11.0 Å². The summed E-state index contributed by atoms with van der Waals surface area (Å²) in [6.45, 7) is 3.18. The second kappa shape index (κ2) is 7.46. The van der Waals surface area contributed by atoms with Gasteiger partial charge in [-0.05, 0) is 44.2 Å². The molecule has 2 N–H and O–H groups in total. The molecule has 0 spiro atoms. The molecule has 4 rings (SSSR count). The number of carbonyl (C=O) groups is 1. The number of amides is 1. The van der Waals surface area contributed by atoms with Crippen molar-refractivity contribution in [2.45, 2.75) is 19.9 Å². The van der Waals surface area contributed by atoms with Crippen LogP contribution in [0.1, 0.15) is 27.6 Å². The summed E-state index contributed by atoms with van der Waals surface area (Å²) in [5, 5.41) is 14.6. The minimum Gasteiger partial charge on any atom is -0.472 e. The van der Waals surface area contributed by atoms with E-state index >= 15 is 0 Å². The van der Waals surface area contributed by atoms with Crippen molar-refractivity contribution in [1.29, 1.82) is 0 Å². The van der Waals surface area contributed by atoms with E-state index in [1.54, 1.807) is 6.07 Å². The topological polar surface area (TPSA) is 106 Å². The molecule has 0 aliphatic heterocycles. The fourth-order valence-electron chi connectivity index (χ4n) is 2.94. The molecule has 4 aromatic rings. The summed E-state index contributed by atoms with van der Waals surface area (Å²) < 4.78 is 15.9. The molecule has 0 bridgehead atoms. The number of aryl methyl sites for hydroxylation is 1. The maximum atomic E-state index is 12.2. The Bertz CT molecular complexity index is 1040. The molecule has 0 atom stereocenters. The summed E-state index contributed by atoms with van der Waals surface area (Å²) in [6.07, 6.45) is 4.96. The number of aromatic nitrogens is 2. The fraction of sp³-hybridized carbons (Fsp3) is 0.211. The molecule has 0 aliphatic rings. The van der Waals surface area contributed by atoms with Gasteiger partial charge in [0, 0.05) is 16.6 Å². The number of rotatable bonds is 7. The zero-order valence-corrected chi connectivity index (χ0v) is 14.7. The van der Waals surface area contributed by atoms with Crippen LogP contribution in [0.5, 0.6) is 0 Å². The summed E-state index contributed by atoms with van der Waals surface area (Å²) in [6, 6.07) is 7.23. The van der Waals surface area contributed by atoms with Gasteiger partial charge >= 0.3 is 0 Å². The van der Waals surface area contributed by atoms with E-state index < -0.39 is 0 Å². The van der Waals surface area contributed by atoms with Gasteiger partial charge in [0.1, 0.15) is 17.6 Å². The van der Waals surface area contributed by atoms with Crippen LogP contribution < -0.4 is 10.6 Å². The molecular formula is C19H18N4O4. The second-order valence-corrected chi connectivity index (χ2v) is 6.07. The van der Waals surface area contributed by atoms with Gasteiger partial charge in [-0.15, -0.1) is 10.2 Å². The molecule has 3 aromatic heterocycles. The number of hydrogen-bond acceptors (Lipinski definition) is 7. The van der Waals surface area contributed by atoms with Crippen molar-refractivity contribution in [3.05, 3.63) is 66.0 Å². The average Bonchev–Trinajstić information content (AvgIpc) is 3.41. The third kappa shape index (κ3) is 3.75. The summed E-state index contributed by atoms with van der Waals surface area (Å²) in [5.41, 5.74) is 3.07. The predicted octanol–water partition coefficient (Wildman–Crippen LogP) is 3.30. The Hall–Kier alpha value is -3.39. The number of hydrogen-bond donors (Lipinski definition) is 2. The van der Waals surface area contributed by atoms with Crippen molar-refractivity contribution in [1.82, 2.24) is 15.5 Å². The minimum atomic E-state index is -0.217. The smallest absolute Gasteiger partial charge is 0.258 e. The first-order valence-corrected chi connectivity index (χ1v) is 8.52. The van der Waals surface area contributed by atoms with Crippen LogP contribution in [-0.2, 0) is 13.0 Å². The van der Waals surface area contributed by atoms with Crippen molar-refractivity contribution < 1.29 is 18.0 Å². The van der Waals surface area contributed by atoms with Gasteiger partial charge in [0.25, 0.3) is 5.91 Å². The number of nitrogens with one attached hydrogen (secondary N) is 2. The number of benzene rings is 1. The van der Waals surface area contributed by atoms with Crippen LogP contribution >= 0.6 is 0 Å². The van der Waals surface area contributed by atoms with Gasteiger partial charge < -0.3 is 23.9 Å². The lowest BCUT2D eigenvalue weighted by Gasteiger charge is -2.05. The van der Waals surface area contributed by atoms with Crippen molar-refractivity contribution in [3.63, 3.8) is 0 Å². The van der Waals surface area contributed by atoms with E-state index in [2.05, 4.69) is 20.8 Å². The zero-order valence-electron chi connectivity index (χ0n) is 14.7. The molecule has 0 fully saturated rings. The molecule has 138 valence electrons. The van der Waals surface area contributed by atoms with Crippen LogP contribution in [0.15, 0.2) is 56.4 Å². The van der Waals surface area contributed by atoms with Crippen LogP contribution in [0.2, 0.25) is 0 Å². The van der Waals surface area contributed by atoms with E-state index in [4.69, 9.17) is 13.3 Å². The summed E-state index contributed by atoms with van der Waals surface area (Å²) in [7, 11) is 0. The fourth-order valence-corrected chi connectivity index (χ4v) is 2.94. The molecule has 0 radical (unpaired) electrons. The van der Waals surface area contributed by atoms with Crippen LogP contribution in [-0.4, -0.2) is 22.6 Å². The molecule has 0 aliphatic carbocycles.